The summed E-state index contributed by atoms with van der Waals surface area (Å²) in [5.41, 5.74) is 4.09. The molecule has 5 rings (SSSR count). The summed E-state index contributed by atoms with van der Waals surface area (Å²) in [5, 5.41) is 7.55. The van der Waals surface area contributed by atoms with E-state index in [1.54, 1.807) is 0 Å². The zero-order chi connectivity index (χ0) is 23.5. The van der Waals surface area contributed by atoms with Crippen LogP contribution in [-0.4, -0.2) is 16.8 Å². The Kier molecular flexibility index (Phi) is 6.56. The zero-order valence-corrected chi connectivity index (χ0v) is 20.5. The van der Waals surface area contributed by atoms with Crippen molar-refractivity contribution < 1.29 is 9.59 Å². The summed E-state index contributed by atoms with van der Waals surface area (Å²) in [6.07, 6.45) is 3.97. The minimum atomic E-state index is -0.279. The lowest BCUT2D eigenvalue weighted by molar-refractivity contribution is 0.0951. The highest BCUT2D eigenvalue weighted by Gasteiger charge is 2.28. The molecule has 4 aromatic rings. The van der Waals surface area contributed by atoms with Gasteiger partial charge in [-0.25, -0.2) is 4.98 Å². The predicted molar refractivity (Wildman–Crippen MR) is 139 cm³/mol. The Morgan fingerprint density at radius 1 is 0.912 bits per heavy atom. The molecule has 0 bridgehead atoms. The van der Waals surface area contributed by atoms with Gasteiger partial charge in [-0.1, -0.05) is 60.7 Å². The lowest BCUT2D eigenvalue weighted by Gasteiger charge is -2.13. The Balaban J connectivity index is 1.44. The van der Waals surface area contributed by atoms with E-state index in [0.717, 1.165) is 52.3 Å². The molecule has 172 valence electrons. The van der Waals surface area contributed by atoms with E-state index in [0.29, 0.717) is 22.8 Å². The molecule has 2 N–H and O–H groups in total. The van der Waals surface area contributed by atoms with Gasteiger partial charge in [0.1, 0.15) is 10.7 Å². The molecule has 0 saturated heterocycles. The van der Waals surface area contributed by atoms with E-state index < -0.39 is 0 Å². The highest BCUT2D eigenvalue weighted by molar-refractivity contribution is 7.17. The van der Waals surface area contributed by atoms with Crippen LogP contribution in [0.15, 0.2) is 60.7 Å². The van der Waals surface area contributed by atoms with Gasteiger partial charge in [0.25, 0.3) is 11.8 Å². The first-order valence-electron chi connectivity index (χ1n) is 11.4. The molecule has 1 aliphatic rings. The first kappa shape index (κ1) is 22.5. The first-order chi connectivity index (χ1) is 16.6. The van der Waals surface area contributed by atoms with Crippen molar-refractivity contribution in [1.82, 2.24) is 10.3 Å². The summed E-state index contributed by atoms with van der Waals surface area (Å²) in [4.78, 5) is 33.3. The third kappa shape index (κ3) is 4.67. The van der Waals surface area contributed by atoms with Crippen molar-refractivity contribution in [2.75, 3.05) is 5.32 Å². The number of nitrogens with one attached hydrogen (secondary N) is 2. The van der Waals surface area contributed by atoms with Crippen molar-refractivity contribution in [2.45, 2.75) is 39.2 Å². The molecule has 0 aliphatic heterocycles. The smallest absolute Gasteiger partial charge is 0.276 e. The number of carbonyl (C=O) groups is 2. The molecule has 2 aromatic carbocycles. The van der Waals surface area contributed by atoms with Gasteiger partial charge in [0, 0.05) is 11.4 Å². The monoisotopic (exact) mass is 487 g/mol. The van der Waals surface area contributed by atoms with Crippen molar-refractivity contribution in [2.24, 2.45) is 0 Å². The van der Waals surface area contributed by atoms with E-state index in [1.165, 1.54) is 27.6 Å². The molecule has 7 heteroatoms. The number of aryl methyl sites for hydroxylation is 2. The van der Waals surface area contributed by atoms with E-state index >= 15 is 0 Å². The number of amides is 2. The van der Waals surface area contributed by atoms with Gasteiger partial charge in [-0.05, 0) is 49.3 Å². The van der Waals surface area contributed by atoms with Gasteiger partial charge < -0.3 is 10.6 Å². The summed E-state index contributed by atoms with van der Waals surface area (Å²) in [6.45, 7) is 2.35. The average Bonchev–Trinajstić information content (AvgIpc) is 3.44. The topological polar surface area (TPSA) is 71.1 Å². The normalized spacial score (nSPS) is 12.7. The van der Waals surface area contributed by atoms with Gasteiger partial charge in [-0.2, -0.15) is 0 Å². The Bertz CT molecular complexity index is 1330. The number of thiazole rings is 1. The number of hydrogen-bond donors (Lipinski definition) is 2. The third-order valence-electron chi connectivity index (χ3n) is 5.91. The molecule has 0 atom stereocenters. The number of fused-ring (bicyclic) bond motifs is 1. The molecule has 2 heterocycles. The van der Waals surface area contributed by atoms with Crippen molar-refractivity contribution >= 4 is 39.5 Å². The van der Waals surface area contributed by atoms with Gasteiger partial charge >= 0.3 is 0 Å². The second-order valence-electron chi connectivity index (χ2n) is 8.31. The Morgan fingerprint density at radius 2 is 1.62 bits per heavy atom. The average molecular weight is 488 g/mol. The number of carbonyl (C=O) groups excluding carboxylic acids is 2. The summed E-state index contributed by atoms with van der Waals surface area (Å²) in [7, 11) is 0. The molecule has 0 radical (unpaired) electrons. The van der Waals surface area contributed by atoms with Gasteiger partial charge in [0.05, 0.1) is 15.4 Å². The van der Waals surface area contributed by atoms with Crippen LogP contribution in [-0.2, 0) is 19.4 Å². The van der Waals surface area contributed by atoms with Crippen molar-refractivity contribution in [3.63, 3.8) is 0 Å². The minimum Gasteiger partial charge on any atom is -0.348 e. The van der Waals surface area contributed by atoms with Crippen molar-refractivity contribution in [3.8, 4) is 10.4 Å². The quantitative estimate of drug-likeness (QED) is 0.338. The molecule has 0 spiro atoms. The van der Waals surface area contributed by atoms with Crippen LogP contribution in [0.4, 0.5) is 5.00 Å². The second kappa shape index (κ2) is 9.91. The van der Waals surface area contributed by atoms with Crippen molar-refractivity contribution in [3.05, 3.63) is 92.9 Å². The lowest BCUT2D eigenvalue weighted by atomic mass is 9.95. The fourth-order valence-corrected chi connectivity index (χ4v) is 6.49. The second-order valence-corrected chi connectivity index (χ2v) is 10.6. The van der Waals surface area contributed by atoms with Crippen LogP contribution in [0.3, 0.4) is 0 Å². The van der Waals surface area contributed by atoms with E-state index in [-0.39, 0.29) is 11.8 Å². The van der Waals surface area contributed by atoms with Gasteiger partial charge in [-0.15, -0.1) is 22.7 Å². The molecule has 1 aliphatic carbocycles. The zero-order valence-electron chi connectivity index (χ0n) is 18.9. The molecule has 0 fully saturated rings. The van der Waals surface area contributed by atoms with E-state index in [4.69, 9.17) is 0 Å². The summed E-state index contributed by atoms with van der Waals surface area (Å²) < 4.78 is 0. The maximum atomic E-state index is 13.4. The SMILES string of the molecule is Cc1nc(C(=O)Nc2sc3c(c2C(=O)NCc2ccccc2)CCCC3)c(-c2ccccc2)s1. The van der Waals surface area contributed by atoms with Crippen LogP contribution in [0.5, 0.6) is 0 Å². The van der Waals surface area contributed by atoms with Crippen LogP contribution >= 0.6 is 22.7 Å². The highest BCUT2D eigenvalue weighted by atomic mass is 32.1. The van der Waals surface area contributed by atoms with Gasteiger partial charge in [-0.3, -0.25) is 9.59 Å². The summed E-state index contributed by atoms with van der Waals surface area (Å²) >= 11 is 3.03. The van der Waals surface area contributed by atoms with E-state index in [2.05, 4.69) is 15.6 Å². The van der Waals surface area contributed by atoms with Crippen LogP contribution in [0.2, 0.25) is 0 Å². The fraction of sp³-hybridized carbons (Fsp3) is 0.222. The van der Waals surface area contributed by atoms with Crippen LogP contribution in [0, 0.1) is 6.92 Å². The number of benzene rings is 2. The van der Waals surface area contributed by atoms with Crippen LogP contribution < -0.4 is 10.6 Å². The number of anilines is 1. The minimum absolute atomic E-state index is 0.142. The molecule has 34 heavy (non-hydrogen) atoms. The number of nitrogens with zero attached hydrogens (tertiary/aromatic N) is 1. The largest absolute Gasteiger partial charge is 0.348 e. The highest BCUT2D eigenvalue weighted by Crippen LogP contribution is 2.39. The van der Waals surface area contributed by atoms with Gasteiger partial charge in [0.15, 0.2) is 0 Å². The molecule has 2 amide bonds. The molecular weight excluding hydrogens is 462 g/mol. The Morgan fingerprint density at radius 3 is 2.38 bits per heavy atom. The van der Waals surface area contributed by atoms with Crippen LogP contribution in [0.1, 0.15) is 54.7 Å². The van der Waals surface area contributed by atoms with E-state index in [9.17, 15) is 9.59 Å². The van der Waals surface area contributed by atoms with Crippen LogP contribution in [0.25, 0.3) is 10.4 Å². The summed E-state index contributed by atoms with van der Waals surface area (Å²) in [5.74, 6) is -0.421. The fourth-order valence-electron chi connectivity index (χ4n) is 4.29. The number of rotatable bonds is 6. The predicted octanol–water partition coefficient (Wildman–Crippen LogP) is 6.24. The maximum absolute atomic E-state index is 13.4. The van der Waals surface area contributed by atoms with Gasteiger partial charge in [0.2, 0.25) is 0 Å². The molecular formula is C27H25N3O2S2. The third-order valence-corrected chi connectivity index (χ3v) is 8.13. The molecule has 0 saturated carbocycles. The molecule has 5 nitrogen and oxygen atoms in total. The molecule has 0 unspecified atom stereocenters. The van der Waals surface area contributed by atoms with E-state index in [1.807, 2.05) is 67.6 Å². The lowest BCUT2D eigenvalue weighted by Crippen LogP contribution is -2.25. The molecule has 2 aromatic heterocycles. The Hall–Kier alpha value is -3.29. The number of thiophene rings is 1. The number of aromatic nitrogens is 1. The maximum Gasteiger partial charge on any atom is 0.276 e. The number of hydrogen-bond acceptors (Lipinski definition) is 5. The van der Waals surface area contributed by atoms with Crippen molar-refractivity contribution in [1.29, 1.82) is 0 Å². The summed E-state index contributed by atoms with van der Waals surface area (Å²) in [6, 6.07) is 19.7. The Labute approximate surface area is 206 Å². The first-order valence-corrected chi connectivity index (χ1v) is 13.0. The standard InChI is InChI=1S/C27H25N3O2S2/c1-17-29-23(24(33-17)19-12-6-3-7-13-19)26(32)30-27-22(20-14-8-9-15-21(20)34-27)25(31)28-16-18-10-4-2-5-11-18/h2-7,10-13H,8-9,14-16H2,1H3,(H,28,31)(H,30,32).